The molecule has 1 aliphatic rings. The first-order valence-electron chi connectivity index (χ1n) is 9.39. The molecule has 1 aliphatic heterocycles. The maximum atomic E-state index is 13.0. The number of carbonyl (C=O) groups is 2. The Kier molecular flexibility index (Phi) is 6.12. The predicted octanol–water partition coefficient (Wildman–Crippen LogP) is 3.14. The van der Waals surface area contributed by atoms with Crippen LogP contribution in [0.1, 0.15) is 18.9 Å². The molecule has 0 aliphatic carbocycles. The Bertz CT molecular complexity index is 791. The maximum Gasteiger partial charge on any atom is 0.232 e. The number of anilines is 1. The van der Waals surface area contributed by atoms with Crippen LogP contribution in [0.25, 0.3) is 0 Å². The van der Waals surface area contributed by atoms with Gasteiger partial charge in [-0.3, -0.25) is 9.59 Å². The highest BCUT2D eigenvalue weighted by molar-refractivity contribution is 5.99. The third-order valence-electron chi connectivity index (χ3n) is 5.02. The van der Waals surface area contributed by atoms with Gasteiger partial charge in [-0.15, -0.1) is 0 Å². The molecular weight excluding hydrogens is 340 g/mol. The maximum absolute atomic E-state index is 13.0. The molecule has 0 spiro atoms. The van der Waals surface area contributed by atoms with E-state index in [2.05, 4.69) is 0 Å². The van der Waals surface area contributed by atoms with Crippen LogP contribution in [0.5, 0.6) is 5.75 Å². The summed E-state index contributed by atoms with van der Waals surface area (Å²) in [6.07, 6.45) is 1.04. The molecule has 2 aromatic rings. The van der Waals surface area contributed by atoms with Crippen LogP contribution in [0.2, 0.25) is 0 Å². The van der Waals surface area contributed by atoms with E-state index in [0.29, 0.717) is 26.1 Å². The SMILES string of the molecule is CCN(C(=O)C1CC(=O)N(CCc2cccc(OC)c2)C1)c1ccccc1. The molecular formula is C22H26N2O3. The molecule has 1 fully saturated rings. The summed E-state index contributed by atoms with van der Waals surface area (Å²) in [5.41, 5.74) is 2.00. The van der Waals surface area contributed by atoms with E-state index in [1.165, 1.54) is 0 Å². The number of likely N-dealkylation sites (tertiary alicyclic amines) is 1. The number of ether oxygens (including phenoxy) is 1. The molecule has 0 N–H and O–H groups in total. The third-order valence-corrected chi connectivity index (χ3v) is 5.02. The summed E-state index contributed by atoms with van der Waals surface area (Å²) in [6, 6.07) is 17.5. The normalized spacial score (nSPS) is 16.4. The zero-order valence-electron chi connectivity index (χ0n) is 15.9. The van der Waals surface area contributed by atoms with Gasteiger partial charge in [0.2, 0.25) is 11.8 Å². The van der Waals surface area contributed by atoms with Gasteiger partial charge in [-0.25, -0.2) is 0 Å². The van der Waals surface area contributed by atoms with Crippen molar-refractivity contribution in [2.24, 2.45) is 5.92 Å². The van der Waals surface area contributed by atoms with Crippen LogP contribution in [-0.2, 0) is 16.0 Å². The molecule has 0 bridgehead atoms. The Morgan fingerprint density at radius 1 is 1.19 bits per heavy atom. The molecule has 5 heteroatoms. The first kappa shape index (κ1) is 19.0. The minimum absolute atomic E-state index is 0.0286. The van der Waals surface area contributed by atoms with Gasteiger partial charge in [0.25, 0.3) is 0 Å². The molecule has 1 saturated heterocycles. The Labute approximate surface area is 160 Å². The van der Waals surface area contributed by atoms with Gasteiger partial charge >= 0.3 is 0 Å². The van der Waals surface area contributed by atoms with E-state index in [0.717, 1.165) is 23.4 Å². The van der Waals surface area contributed by atoms with Gasteiger partial charge in [-0.2, -0.15) is 0 Å². The minimum Gasteiger partial charge on any atom is -0.497 e. The van der Waals surface area contributed by atoms with Crippen LogP contribution in [0.15, 0.2) is 54.6 Å². The summed E-state index contributed by atoms with van der Waals surface area (Å²) < 4.78 is 5.25. The highest BCUT2D eigenvalue weighted by atomic mass is 16.5. The molecule has 0 saturated carbocycles. The third kappa shape index (κ3) is 4.48. The predicted molar refractivity (Wildman–Crippen MR) is 106 cm³/mol. The van der Waals surface area contributed by atoms with E-state index in [-0.39, 0.29) is 17.7 Å². The number of carbonyl (C=O) groups excluding carboxylic acids is 2. The van der Waals surface area contributed by atoms with Crippen molar-refractivity contribution in [1.29, 1.82) is 0 Å². The first-order chi connectivity index (χ1) is 13.1. The van der Waals surface area contributed by atoms with Crippen molar-refractivity contribution in [3.63, 3.8) is 0 Å². The standard InChI is InChI=1S/C22H26N2O3/c1-3-24(19-9-5-4-6-10-19)22(26)18-15-21(25)23(16-18)13-12-17-8-7-11-20(14-17)27-2/h4-11,14,18H,3,12-13,15-16H2,1-2H3. The average Bonchev–Trinajstić information content (AvgIpc) is 3.08. The second kappa shape index (κ2) is 8.71. The summed E-state index contributed by atoms with van der Waals surface area (Å²) >= 11 is 0. The van der Waals surface area contributed by atoms with Crippen LogP contribution in [0.4, 0.5) is 5.69 Å². The van der Waals surface area contributed by atoms with Gasteiger partial charge in [-0.1, -0.05) is 30.3 Å². The van der Waals surface area contributed by atoms with Crippen molar-refractivity contribution in [3.8, 4) is 5.75 Å². The highest BCUT2D eigenvalue weighted by Crippen LogP contribution is 2.24. The number of methoxy groups -OCH3 is 1. The van der Waals surface area contributed by atoms with Gasteiger partial charge in [0, 0.05) is 31.7 Å². The van der Waals surface area contributed by atoms with E-state index in [1.807, 2.05) is 61.5 Å². The molecule has 3 rings (SSSR count). The zero-order chi connectivity index (χ0) is 19.2. The molecule has 1 unspecified atom stereocenters. The fraction of sp³-hybridized carbons (Fsp3) is 0.364. The van der Waals surface area contributed by atoms with Crippen molar-refractivity contribution < 1.29 is 14.3 Å². The molecule has 1 heterocycles. The minimum atomic E-state index is -0.275. The molecule has 2 amide bonds. The summed E-state index contributed by atoms with van der Waals surface area (Å²) in [4.78, 5) is 28.9. The Hall–Kier alpha value is -2.82. The van der Waals surface area contributed by atoms with E-state index in [1.54, 1.807) is 16.9 Å². The van der Waals surface area contributed by atoms with Gasteiger partial charge < -0.3 is 14.5 Å². The fourth-order valence-electron chi connectivity index (χ4n) is 3.54. The monoisotopic (exact) mass is 366 g/mol. The van der Waals surface area contributed by atoms with Crippen LogP contribution in [0.3, 0.4) is 0 Å². The number of hydrogen-bond acceptors (Lipinski definition) is 3. The quantitative estimate of drug-likeness (QED) is 0.756. The van der Waals surface area contributed by atoms with E-state index >= 15 is 0 Å². The molecule has 1 atom stereocenters. The number of nitrogens with zero attached hydrogens (tertiary/aromatic N) is 2. The lowest BCUT2D eigenvalue weighted by molar-refractivity contribution is -0.128. The van der Waals surface area contributed by atoms with Crippen LogP contribution in [-0.4, -0.2) is 43.5 Å². The zero-order valence-corrected chi connectivity index (χ0v) is 15.9. The van der Waals surface area contributed by atoms with Crippen molar-refractivity contribution in [2.75, 3.05) is 31.6 Å². The number of para-hydroxylation sites is 1. The number of benzene rings is 2. The summed E-state index contributed by atoms with van der Waals surface area (Å²) in [5, 5.41) is 0. The van der Waals surface area contributed by atoms with Crippen molar-refractivity contribution in [3.05, 3.63) is 60.2 Å². The lowest BCUT2D eigenvalue weighted by Crippen LogP contribution is -2.37. The molecule has 142 valence electrons. The molecule has 27 heavy (non-hydrogen) atoms. The van der Waals surface area contributed by atoms with Gasteiger partial charge in [0.15, 0.2) is 0 Å². The van der Waals surface area contributed by atoms with E-state index < -0.39 is 0 Å². The van der Waals surface area contributed by atoms with Crippen molar-refractivity contribution in [2.45, 2.75) is 19.8 Å². The molecule has 5 nitrogen and oxygen atoms in total. The fourth-order valence-corrected chi connectivity index (χ4v) is 3.54. The second-order valence-corrected chi connectivity index (χ2v) is 6.76. The first-order valence-corrected chi connectivity index (χ1v) is 9.39. The topological polar surface area (TPSA) is 49.9 Å². The Morgan fingerprint density at radius 2 is 1.96 bits per heavy atom. The van der Waals surface area contributed by atoms with Gasteiger partial charge in [0.05, 0.1) is 13.0 Å². The van der Waals surface area contributed by atoms with Crippen LogP contribution < -0.4 is 9.64 Å². The Balaban J connectivity index is 1.61. The molecule has 0 aromatic heterocycles. The molecule has 0 radical (unpaired) electrons. The number of rotatable bonds is 7. The summed E-state index contributed by atoms with van der Waals surface area (Å²) in [6.45, 7) is 3.66. The van der Waals surface area contributed by atoms with Crippen LogP contribution in [0, 0.1) is 5.92 Å². The van der Waals surface area contributed by atoms with Gasteiger partial charge in [-0.05, 0) is 43.2 Å². The highest BCUT2D eigenvalue weighted by Gasteiger charge is 2.36. The second-order valence-electron chi connectivity index (χ2n) is 6.76. The molecule has 2 aromatic carbocycles. The average molecular weight is 366 g/mol. The van der Waals surface area contributed by atoms with Crippen LogP contribution >= 0.6 is 0 Å². The number of amides is 2. The van der Waals surface area contributed by atoms with E-state index in [9.17, 15) is 9.59 Å². The lowest BCUT2D eigenvalue weighted by Gasteiger charge is -2.24. The largest absolute Gasteiger partial charge is 0.497 e. The van der Waals surface area contributed by atoms with Crippen molar-refractivity contribution in [1.82, 2.24) is 4.90 Å². The van der Waals surface area contributed by atoms with E-state index in [4.69, 9.17) is 4.74 Å². The summed E-state index contributed by atoms with van der Waals surface area (Å²) in [5.74, 6) is 0.624. The lowest BCUT2D eigenvalue weighted by atomic mass is 10.1. The Morgan fingerprint density at radius 3 is 2.67 bits per heavy atom. The number of hydrogen-bond donors (Lipinski definition) is 0. The van der Waals surface area contributed by atoms with Crippen molar-refractivity contribution >= 4 is 17.5 Å². The summed E-state index contributed by atoms with van der Waals surface area (Å²) in [7, 11) is 1.64. The smallest absolute Gasteiger partial charge is 0.232 e. The van der Waals surface area contributed by atoms with Gasteiger partial charge in [0.1, 0.15) is 5.75 Å².